The highest BCUT2D eigenvalue weighted by molar-refractivity contribution is 7.00. The van der Waals surface area contributed by atoms with Crippen LogP contribution in [0.5, 0.6) is 0 Å². The number of hydrogen-bond acceptors (Lipinski definition) is 2. The van der Waals surface area contributed by atoms with Gasteiger partial charge in [0.25, 0.3) is 6.71 Å². The minimum absolute atomic E-state index is 0.0203. The summed E-state index contributed by atoms with van der Waals surface area (Å²) >= 11 is 0. The van der Waals surface area contributed by atoms with E-state index in [1.807, 2.05) is 0 Å². The van der Waals surface area contributed by atoms with Crippen LogP contribution in [0.1, 0.15) is 259 Å². The molecule has 0 saturated heterocycles. The number of benzene rings is 5. The Kier molecular flexibility index (Phi) is 12.1. The van der Waals surface area contributed by atoms with Gasteiger partial charge in [0.05, 0.1) is 2.74 Å². The van der Waals surface area contributed by atoms with E-state index in [1.54, 1.807) is 0 Å². The molecule has 2 heterocycles. The van der Waals surface area contributed by atoms with Gasteiger partial charge in [-0.2, -0.15) is 0 Å². The summed E-state index contributed by atoms with van der Waals surface area (Å²) in [6.07, 6.45) is 8.83. The molecule has 6 aliphatic rings. The third kappa shape index (κ3) is 8.58. The van der Waals surface area contributed by atoms with E-state index >= 15 is 0 Å². The monoisotopic (exact) mass is 1030 g/mol. The Labute approximate surface area is 474 Å². The molecule has 0 atom stereocenters. The van der Waals surface area contributed by atoms with Gasteiger partial charge in [-0.05, 0) is 210 Å². The molecular weight excluding hydrogens is 928 g/mol. The van der Waals surface area contributed by atoms with Gasteiger partial charge in [0.2, 0.25) is 0 Å². The summed E-state index contributed by atoms with van der Waals surface area (Å²) in [7, 11) is 0. The van der Waals surface area contributed by atoms with E-state index < -0.39 is 0 Å². The van der Waals surface area contributed by atoms with E-state index in [9.17, 15) is 2.74 Å². The second-order valence-corrected chi connectivity index (χ2v) is 34.0. The molecule has 0 radical (unpaired) electrons. The summed E-state index contributed by atoms with van der Waals surface area (Å²) in [5, 5.41) is 0. The summed E-state index contributed by atoms with van der Waals surface area (Å²) in [6, 6.07) is 30.8. The maximum atomic E-state index is 11.4. The molecule has 0 N–H and O–H groups in total. The van der Waals surface area contributed by atoms with Crippen molar-refractivity contribution in [3.05, 3.63) is 124 Å². The van der Waals surface area contributed by atoms with Crippen LogP contribution in [-0.2, 0) is 37.9 Å². The highest BCUT2D eigenvalue weighted by atomic mass is 15.2. The Balaban J connectivity index is 1.49. The number of anilines is 6. The third-order valence-electron chi connectivity index (χ3n) is 21.3. The molecule has 0 spiro atoms. The second kappa shape index (κ2) is 17.4. The first-order valence-corrected chi connectivity index (χ1v) is 30.4. The number of fused-ring (bicyclic) bond motifs is 8. The molecule has 4 aliphatic carbocycles. The topological polar surface area (TPSA) is 6.48 Å². The lowest BCUT2D eigenvalue weighted by Crippen LogP contribution is -2.64. The Morgan fingerprint density at radius 2 is 0.805 bits per heavy atom. The van der Waals surface area contributed by atoms with Gasteiger partial charge in [-0.15, -0.1) is 0 Å². The van der Waals surface area contributed by atoms with Crippen LogP contribution in [0.15, 0.2) is 84.9 Å². The maximum Gasteiger partial charge on any atom is 0.252 e. The van der Waals surface area contributed by atoms with Crippen molar-refractivity contribution >= 4 is 57.2 Å². The van der Waals surface area contributed by atoms with E-state index in [1.165, 1.54) is 69.3 Å². The molecule has 77 heavy (non-hydrogen) atoms. The van der Waals surface area contributed by atoms with Crippen LogP contribution in [0.3, 0.4) is 0 Å². The molecule has 0 amide bonds. The van der Waals surface area contributed by atoms with E-state index in [2.05, 4.69) is 249 Å². The Hall–Kier alpha value is -4.24. The molecule has 2 bridgehead atoms. The molecule has 11 rings (SSSR count). The SMILES string of the molecule is [2H]c1c2c3c(c([2H])c1C14CCC(CC1)CC4)N(c1cc(C(C)(C)C)cc(C(C)(C)C)c1)c1cc4c(cc1B3c1cc(C(C)(C)C)ccc1N2c1ccc(C(C)(C)C)cc1)C(C(C)(C)C)(C(C)(C)C)CCC4(C(C)(C)C)C(C)(C)C. The van der Waals surface area contributed by atoms with Gasteiger partial charge in [0.1, 0.15) is 0 Å². The van der Waals surface area contributed by atoms with Crippen LogP contribution in [0.4, 0.5) is 34.1 Å². The summed E-state index contributed by atoms with van der Waals surface area (Å²) in [4.78, 5) is 5.15. The van der Waals surface area contributed by atoms with E-state index in [0.29, 0.717) is 12.1 Å². The van der Waals surface area contributed by atoms with Gasteiger partial charge in [0.15, 0.2) is 0 Å². The summed E-state index contributed by atoms with van der Waals surface area (Å²) < 4.78 is 22.6. The molecule has 3 heteroatoms. The van der Waals surface area contributed by atoms with Gasteiger partial charge >= 0.3 is 0 Å². The summed E-state index contributed by atoms with van der Waals surface area (Å²) in [5.41, 5.74) is 18.0. The smallest absolute Gasteiger partial charge is 0.252 e. The lowest BCUT2D eigenvalue weighted by molar-refractivity contribution is -0.0310. The Bertz CT molecular complexity index is 3160. The van der Waals surface area contributed by atoms with Crippen molar-refractivity contribution < 1.29 is 2.74 Å². The lowest BCUT2D eigenvalue weighted by atomic mass is 9.32. The standard InChI is InChI=1S/C74H103BN2/c1-64(2,3)48-25-28-53(29-26-48)76-59-30-27-49(65(4,5)6)42-57(59)75-58-45-55-56(74(70(19,20)21,71(22,23)24)38-37-73(55,68(13,14)15)69(16,17)18)46-60(58)77(54-40-50(66(7,8)9)39-51(41-54)67(10,11)12)62-44-52(43-61(76)63(62)75)72-34-31-47(32-35-72)33-36-72/h25-30,39-47H,31-38H2,1-24H3/i43D,44D. The van der Waals surface area contributed by atoms with E-state index in [4.69, 9.17) is 0 Å². The fraction of sp³-hybridized carbons (Fsp3) is 0.595. The average molecular weight is 1030 g/mol. The van der Waals surface area contributed by atoms with Gasteiger partial charge in [-0.3, -0.25) is 0 Å². The predicted molar refractivity (Wildman–Crippen MR) is 339 cm³/mol. The largest absolute Gasteiger partial charge is 0.311 e. The highest BCUT2D eigenvalue weighted by Crippen LogP contribution is 2.69. The quantitative estimate of drug-likeness (QED) is 0.163. The van der Waals surface area contributed by atoms with Crippen molar-refractivity contribution in [2.24, 2.45) is 27.6 Å². The predicted octanol–water partition coefficient (Wildman–Crippen LogP) is 19.6. The Morgan fingerprint density at radius 1 is 0.403 bits per heavy atom. The molecule has 3 fully saturated rings. The van der Waals surface area contributed by atoms with Crippen LogP contribution < -0.4 is 26.2 Å². The minimum Gasteiger partial charge on any atom is -0.311 e. The van der Waals surface area contributed by atoms with Gasteiger partial charge < -0.3 is 9.80 Å². The van der Waals surface area contributed by atoms with Crippen molar-refractivity contribution in [2.75, 3.05) is 9.80 Å². The molecule has 5 aromatic carbocycles. The van der Waals surface area contributed by atoms with Crippen molar-refractivity contribution in [1.82, 2.24) is 0 Å². The molecule has 2 nitrogen and oxygen atoms in total. The van der Waals surface area contributed by atoms with Crippen LogP contribution in [-0.4, -0.2) is 6.71 Å². The van der Waals surface area contributed by atoms with Crippen molar-refractivity contribution in [1.29, 1.82) is 0 Å². The highest BCUT2D eigenvalue weighted by Gasteiger charge is 2.63. The van der Waals surface area contributed by atoms with E-state index in [0.717, 1.165) is 77.5 Å². The zero-order valence-electron chi connectivity index (χ0n) is 55.1. The van der Waals surface area contributed by atoms with Crippen molar-refractivity contribution in [3.8, 4) is 0 Å². The summed E-state index contributed by atoms with van der Waals surface area (Å²) in [6.45, 7) is 58.3. The average Bonchev–Trinajstić information content (AvgIpc) is 2.51. The molecular formula is C74H103BN2. The van der Waals surface area contributed by atoms with Crippen molar-refractivity contribution in [2.45, 2.75) is 255 Å². The van der Waals surface area contributed by atoms with Crippen LogP contribution >= 0.6 is 0 Å². The van der Waals surface area contributed by atoms with E-state index in [-0.39, 0.29) is 66.3 Å². The maximum absolute atomic E-state index is 11.4. The van der Waals surface area contributed by atoms with Crippen LogP contribution in [0.2, 0.25) is 0 Å². The van der Waals surface area contributed by atoms with Crippen LogP contribution in [0.25, 0.3) is 0 Å². The first-order chi connectivity index (χ1) is 36.0. The zero-order valence-corrected chi connectivity index (χ0v) is 53.1. The van der Waals surface area contributed by atoms with Gasteiger partial charge in [-0.25, -0.2) is 0 Å². The first-order valence-electron chi connectivity index (χ1n) is 31.4. The number of hydrogen-bond donors (Lipinski definition) is 0. The molecule has 412 valence electrons. The molecule has 0 unspecified atom stereocenters. The fourth-order valence-electron chi connectivity index (χ4n) is 17.2. The molecule has 3 saturated carbocycles. The molecule has 5 aromatic rings. The minimum atomic E-state index is -0.239. The van der Waals surface area contributed by atoms with Gasteiger partial charge in [0, 0.05) is 45.0 Å². The second-order valence-electron chi connectivity index (χ2n) is 34.0. The summed E-state index contributed by atoms with van der Waals surface area (Å²) in [5.74, 6) is 0.747. The number of nitrogens with zero attached hydrogens (tertiary/aromatic N) is 2. The fourth-order valence-corrected chi connectivity index (χ4v) is 17.2. The third-order valence-corrected chi connectivity index (χ3v) is 21.3. The van der Waals surface area contributed by atoms with Gasteiger partial charge in [-0.1, -0.05) is 203 Å². The normalized spacial score (nSPS) is 21.8. The molecule has 0 aromatic heterocycles. The Morgan fingerprint density at radius 3 is 1.23 bits per heavy atom. The van der Waals surface area contributed by atoms with Crippen LogP contribution in [0, 0.1) is 27.6 Å². The van der Waals surface area contributed by atoms with Crippen molar-refractivity contribution in [3.63, 3.8) is 0 Å². The number of rotatable bonds is 3. The molecule has 2 aliphatic heterocycles. The zero-order chi connectivity index (χ0) is 58.3. The lowest BCUT2D eigenvalue weighted by Gasteiger charge is -2.65. The first kappa shape index (κ1) is 53.4.